The summed E-state index contributed by atoms with van der Waals surface area (Å²) in [6.07, 6.45) is 0. The van der Waals surface area contributed by atoms with Gasteiger partial charge in [0.05, 0.1) is 24.2 Å². The number of rotatable bonds is 5. The van der Waals surface area contributed by atoms with Gasteiger partial charge in [0.2, 0.25) is 0 Å². The molecule has 0 saturated heterocycles. The molecule has 6 nitrogen and oxygen atoms in total. The molecule has 0 saturated carbocycles. The van der Waals surface area contributed by atoms with Gasteiger partial charge in [-0.05, 0) is 19.1 Å². The van der Waals surface area contributed by atoms with E-state index in [1.807, 2.05) is 0 Å². The quantitative estimate of drug-likeness (QED) is 0.592. The Hall–Kier alpha value is -1.44. The zero-order valence-electron chi connectivity index (χ0n) is 10.4. The van der Waals surface area contributed by atoms with Crippen molar-refractivity contribution >= 4 is 16.0 Å². The predicted octanol–water partition coefficient (Wildman–Crippen LogP) is 1.05. The second kappa shape index (κ2) is 5.94. The molecule has 18 heavy (non-hydrogen) atoms. The van der Waals surface area contributed by atoms with Gasteiger partial charge in [-0.25, -0.2) is 13.2 Å². The minimum absolute atomic E-state index is 0.0109. The Morgan fingerprint density at radius 2 is 1.94 bits per heavy atom. The van der Waals surface area contributed by atoms with E-state index in [1.165, 1.54) is 32.4 Å². The number of carbonyl (C=O) groups excluding carboxylic acids is 1. The van der Waals surface area contributed by atoms with Crippen molar-refractivity contribution in [1.29, 1.82) is 0 Å². The summed E-state index contributed by atoms with van der Waals surface area (Å²) in [5.74, 6) is -0.679. The van der Waals surface area contributed by atoms with Crippen molar-refractivity contribution in [2.75, 3.05) is 20.8 Å². The predicted molar refractivity (Wildman–Crippen MR) is 64.4 cm³/mol. The molecule has 0 atom stereocenters. The van der Waals surface area contributed by atoms with Crippen LogP contribution in [0.1, 0.15) is 17.3 Å². The smallest absolute Gasteiger partial charge is 0.339 e. The summed E-state index contributed by atoms with van der Waals surface area (Å²) >= 11 is 0. The minimum atomic E-state index is -3.87. The van der Waals surface area contributed by atoms with Gasteiger partial charge in [-0.3, -0.25) is 4.84 Å². The first-order valence-electron chi connectivity index (χ1n) is 5.24. The first-order chi connectivity index (χ1) is 8.45. The van der Waals surface area contributed by atoms with Crippen molar-refractivity contribution in [2.45, 2.75) is 11.8 Å². The lowest BCUT2D eigenvalue weighted by Gasteiger charge is -2.16. The molecule has 0 bridgehead atoms. The van der Waals surface area contributed by atoms with Crippen molar-refractivity contribution in [3.63, 3.8) is 0 Å². The maximum Gasteiger partial charge on any atom is 0.339 e. The van der Waals surface area contributed by atoms with Crippen LogP contribution in [-0.2, 0) is 19.6 Å². The third kappa shape index (κ3) is 2.87. The first-order valence-corrected chi connectivity index (χ1v) is 6.68. The number of carbonyl (C=O) groups is 1. The molecule has 0 aromatic heterocycles. The van der Waals surface area contributed by atoms with Gasteiger partial charge in [0, 0.05) is 7.05 Å². The Kier molecular flexibility index (Phi) is 4.83. The fourth-order valence-corrected chi connectivity index (χ4v) is 2.46. The van der Waals surface area contributed by atoms with Crippen LogP contribution in [0, 0.1) is 0 Å². The monoisotopic (exact) mass is 273 g/mol. The molecule has 0 aliphatic heterocycles. The van der Waals surface area contributed by atoms with Crippen molar-refractivity contribution in [3.05, 3.63) is 29.8 Å². The highest BCUT2D eigenvalue weighted by Gasteiger charge is 2.27. The molecular weight excluding hydrogens is 258 g/mol. The molecule has 1 aromatic carbocycles. The molecule has 0 aliphatic carbocycles. The first kappa shape index (κ1) is 14.6. The maximum atomic E-state index is 12.1. The number of sulfonamides is 1. The zero-order chi connectivity index (χ0) is 13.8. The van der Waals surface area contributed by atoms with E-state index in [4.69, 9.17) is 4.74 Å². The van der Waals surface area contributed by atoms with Gasteiger partial charge < -0.3 is 4.74 Å². The number of nitrogens with zero attached hydrogens (tertiary/aromatic N) is 1. The lowest BCUT2D eigenvalue weighted by atomic mass is 10.2. The fourth-order valence-electron chi connectivity index (χ4n) is 1.31. The van der Waals surface area contributed by atoms with Crippen LogP contribution >= 0.6 is 0 Å². The molecule has 100 valence electrons. The van der Waals surface area contributed by atoms with Gasteiger partial charge in [0.1, 0.15) is 0 Å². The summed E-state index contributed by atoms with van der Waals surface area (Å²) in [5, 5.41) is 0. The highest BCUT2D eigenvalue weighted by atomic mass is 32.2. The second-order valence-corrected chi connectivity index (χ2v) is 5.22. The summed E-state index contributed by atoms with van der Waals surface area (Å²) in [4.78, 5) is 16.2. The number of esters is 1. The van der Waals surface area contributed by atoms with Crippen LogP contribution in [0.5, 0.6) is 0 Å². The highest BCUT2D eigenvalue weighted by molar-refractivity contribution is 7.89. The van der Waals surface area contributed by atoms with Gasteiger partial charge >= 0.3 is 5.97 Å². The Morgan fingerprint density at radius 1 is 1.33 bits per heavy atom. The standard InChI is InChI=1S/C11H15NO5S/c1-4-17-11(13)9-7-5-6-8-10(9)18(14,15)12(2)16-3/h5-8H,4H2,1-3H3. The van der Waals surface area contributed by atoms with E-state index in [9.17, 15) is 13.2 Å². The molecular formula is C11H15NO5S. The normalized spacial score (nSPS) is 11.6. The third-order valence-electron chi connectivity index (χ3n) is 2.26. The average molecular weight is 273 g/mol. The average Bonchev–Trinajstić information content (AvgIpc) is 2.38. The van der Waals surface area contributed by atoms with E-state index in [-0.39, 0.29) is 17.1 Å². The molecule has 0 N–H and O–H groups in total. The summed E-state index contributed by atoms with van der Waals surface area (Å²) in [7, 11) is -1.40. The summed E-state index contributed by atoms with van der Waals surface area (Å²) in [5.41, 5.74) is -0.0109. The summed E-state index contributed by atoms with van der Waals surface area (Å²) < 4.78 is 29.7. The minimum Gasteiger partial charge on any atom is -0.462 e. The van der Waals surface area contributed by atoms with E-state index in [0.29, 0.717) is 4.47 Å². The van der Waals surface area contributed by atoms with Crippen LogP contribution in [-0.4, -0.2) is 39.6 Å². The van der Waals surface area contributed by atoms with E-state index in [2.05, 4.69) is 4.84 Å². The Balaban J connectivity index is 3.30. The second-order valence-electron chi connectivity index (χ2n) is 3.31. The molecule has 0 spiro atoms. The van der Waals surface area contributed by atoms with Crippen LogP contribution in [0.4, 0.5) is 0 Å². The number of hydrogen-bond donors (Lipinski definition) is 0. The molecule has 0 radical (unpaired) electrons. The van der Waals surface area contributed by atoms with Gasteiger partial charge in [-0.1, -0.05) is 16.6 Å². The maximum absolute atomic E-state index is 12.1. The number of benzene rings is 1. The Bertz CT molecular complexity index is 526. The van der Waals surface area contributed by atoms with Crippen molar-refractivity contribution in [2.24, 2.45) is 0 Å². The van der Waals surface area contributed by atoms with E-state index < -0.39 is 16.0 Å². The number of hydrogen-bond acceptors (Lipinski definition) is 5. The van der Waals surface area contributed by atoms with Crippen LogP contribution < -0.4 is 0 Å². The fraction of sp³-hybridized carbons (Fsp3) is 0.364. The summed E-state index contributed by atoms with van der Waals surface area (Å²) in [6.45, 7) is 1.82. The molecule has 1 aromatic rings. The highest BCUT2D eigenvalue weighted by Crippen LogP contribution is 2.20. The van der Waals surface area contributed by atoms with Crippen LogP contribution in [0.3, 0.4) is 0 Å². The molecule has 7 heteroatoms. The lowest BCUT2D eigenvalue weighted by molar-refractivity contribution is -0.0259. The van der Waals surface area contributed by atoms with E-state index in [0.717, 1.165) is 0 Å². The molecule has 0 fully saturated rings. The van der Waals surface area contributed by atoms with E-state index in [1.54, 1.807) is 13.0 Å². The zero-order valence-corrected chi connectivity index (χ0v) is 11.2. The van der Waals surface area contributed by atoms with Gasteiger partial charge in [-0.2, -0.15) is 0 Å². The molecule has 0 amide bonds. The number of hydroxylamine groups is 1. The summed E-state index contributed by atoms with van der Waals surface area (Å²) in [6, 6.07) is 5.82. The Morgan fingerprint density at radius 3 is 2.50 bits per heavy atom. The number of ether oxygens (including phenoxy) is 1. The van der Waals surface area contributed by atoms with Gasteiger partial charge in [-0.15, -0.1) is 0 Å². The molecule has 0 unspecified atom stereocenters. The molecule has 0 aliphatic rings. The van der Waals surface area contributed by atoms with Crippen molar-refractivity contribution in [3.8, 4) is 0 Å². The van der Waals surface area contributed by atoms with Crippen molar-refractivity contribution < 1.29 is 22.8 Å². The Labute approximate surface area is 106 Å². The van der Waals surface area contributed by atoms with Crippen LogP contribution in [0.15, 0.2) is 29.2 Å². The van der Waals surface area contributed by atoms with Crippen LogP contribution in [0.25, 0.3) is 0 Å². The van der Waals surface area contributed by atoms with Gasteiger partial charge in [0.15, 0.2) is 0 Å². The van der Waals surface area contributed by atoms with E-state index >= 15 is 0 Å². The molecule has 1 rings (SSSR count). The van der Waals surface area contributed by atoms with Crippen LogP contribution in [0.2, 0.25) is 0 Å². The molecule has 0 heterocycles. The third-order valence-corrected chi connectivity index (χ3v) is 3.99. The topological polar surface area (TPSA) is 72.9 Å². The lowest BCUT2D eigenvalue weighted by Crippen LogP contribution is -2.27. The SMILES string of the molecule is CCOC(=O)c1ccccc1S(=O)(=O)N(C)OC. The van der Waals surface area contributed by atoms with Crippen molar-refractivity contribution in [1.82, 2.24) is 4.47 Å². The van der Waals surface area contributed by atoms with Gasteiger partial charge in [0.25, 0.3) is 10.0 Å². The largest absolute Gasteiger partial charge is 0.462 e.